The Labute approximate surface area is 203 Å². The van der Waals surface area contributed by atoms with Crippen molar-refractivity contribution in [1.82, 2.24) is 15.1 Å². The molecule has 1 atom stereocenters. The molecule has 0 aromatic heterocycles. The molecular formula is C25H27N5O5. The minimum Gasteiger partial charge on any atom is -0.467 e. The lowest BCUT2D eigenvalue weighted by Crippen LogP contribution is -2.40. The number of urea groups is 1. The van der Waals surface area contributed by atoms with E-state index in [1.807, 2.05) is 24.3 Å². The highest BCUT2D eigenvalue weighted by Crippen LogP contribution is 2.27. The first-order valence-corrected chi connectivity index (χ1v) is 11.0. The van der Waals surface area contributed by atoms with E-state index in [4.69, 9.17) is 10.6 Å². The smallest absolute Gasteiger partial charge is 0.333 e. The fourth-order valence-corrected chi connectivity index (χ4v) is 3.62. The monoisotopic (exact) mass is 477 g/mol. The zero-order valence-corrected chi connectivity index (χ0v) is 19.3. The summed E-state index contributed by atoms with van der Waals surface area (Å²) in [6, 6.07) is 14.1. The highest BCUT2D eigenvalue weighted by atomic mass is 16.5. The normalized spacial score (nSPS) is 14.7. The van der Waals surface area contributed by atoms with Gasteiger partial charge in [0.25, 0.3) is 5.91 Å². The van der Waals surface area contributed by atoms with Gasteiger partial charge in [-0.1, -0.05) is 54.6 Å². The summed E-state index contributed by atoms with van der Waals surface area (Å²) in [7, 11) is 1.21. The second-order valence-electron chi connectivity index (χ2n) is 7.73. The molecular weight excluding hydrogens is 450 g/mol. The van der Waals surface area contributed by atoms with Crippen LogP contribution in [0.2, 0.25) is 0 Å². The molecule has 1 heterocycles. The second kappa shape index (κ2) is 12.1. The number of carbonyl (C=O) groups excluding carboxylic acids is 4. The van der Waals surface area contributed by atoms with Gasteiger partial charge in [-0.3, -0.25) is 9.59 Å². The van der Waals surface area contributed by atoms with Gasteiger partial charge in [-0.15, -0.1) is 0 Å². The molecule has 0 spiro atoms. The maximum Gasteiger partial charge on any atom is 0.333 e. The molecule has 0 radical (unpaired) electrons. The van der Waals surface area contributed by atoms with Crippen LogP contribution >= 0.6 is 0 Å². The van der Waals surface area contributed by atoms with Gasteiger partial charge in [0.1, 0.15) is 6.54 Å². The average Bonchev–Trinajstić information content (AvgIpc) is 3.15. The van der Waals surface area contributed by atoms with Crippen LogP contribution in [0.15, 0.2) is 65.8 Å². The summed E-state index contributed by atoms with van der Waals surface area (Å²) in [5.41, 5.74) is 2.18. The number of hydrazone groups is 1. The number of hydrogen-bond acceptors (Lipinski definition) is 7. The third-order valence-corrected chi connectivity index (χ3v) is 5.36. The van der Waals surface area contributed by atoms with Crippen LogP contribution in [0, 0.1) is 0 Å². The molecule has 3 rings (SSSR count). The van der Waals surface area contributed by atoms with Crippen LogP contribution in [0.1, 0.15) is 29.2 Å². The van der Waals surface area contributed by atoms with Gasteiger partial charge in [-0.2, -0.15) is 5.10 Å². The third kappa shape index (κ3) is 6.53. The highest BCUT2D eigenvalue weighted by Gasteiger charge is 2.44. The minimum atomic E-state index is -1.15. The van der Waals surface area contributed by atoms with Crippen molar-refractivity contribution in [2.24, 2.45) is 10.9 Å². The Hall–Kier alpha value is -4.47. The Morgan fingerprint density at radius 3 is 2.46 bits per heavy atom. The molecule has 1 unspecified atom stereocenters. The summed E-state index contributed by atoms with van der Waals surface area (Å²) in [5, 5.41) is 6.20. The van der Waals surface area contributed by atoms with Gasteiger partial charge >= 0.3 is 12.0 Å². The quantitative estimate of drug-likeness (QED) is 0.102. The Bertz CT molecular complexity index is 1110. The first-order chi connectivity index (χ1) is 16.9. The van der Waals surface area contributed by atoms with Gasteiger partial charge in [0, 0.05) is 19.2 Å². The number of nitrogens with two attached hydrogens (primary N) is 1. The zero-order chi connectivity index (χ0) is 25.2. The number of rotatable bonds is 10. The molecule has 10 nitrogen and oxygen atoms in total. The minimum absolute atomic E-state index is 0.141. The van der Waals surface area contributed by atoms with Crippen molar-refractivity contribution in [2.45, 2.75) is 12.5 Å². The first-order valence-electron chi connectivity index (χ1n) is 11.0. The number of ether oxygens (including phenoxy) is 1. The standard InChI is InChI=1S/C25H27N5O5/c1-35-24(33)23(20-6-3-2-4-7-20)30-22(32)17-29(25(30)34)15-5-14-27-21(31)13-12-18-8-10-19(11-9-18)16-28-26/h2-4,6-13,16,23H,5,14-15,17,26H2,1H3,(H,27,31). The summed E-state index contributed by atoms with van der Waals surface area (Å²) >= 11 is 0. The van der Waals surface area contributed by atoms with Crippen molar-refractivity contribution < 1.29 is 23.9 Å². The van der Waals surface area contributed by atoms with Crippen LogP contribution in [0.3, 0.4) is 0 Å². The van der Waals surface area contributed by atoms with Gasteiger partial charge in [0.15, 0.2) is 6.04 Å². The molecule has 1 aliphatic heterocycles. The molecule has 35 heavy (non-hydrogen) atoms. The predicted molar refractivity (Wildman–Crippen MR) is 130 cm³/mol. The summed E-state index contributed by atoms with van der Waals surface area (Å²) < 4.78 is 4.84. The lowest BCUT2D eigenvalue weighted by atomic mass is 10.1. The summed E-state index contributed by atoms with van der Waals surface area (Å²) in [4.78, 5) is 52.3. The number of methoxy groups -OCH3 is 1. The van der Waals surface area contributed by atoms with Crippen LogP contribution in [-0.4, -0.2) is 66.6 Å². The van der Waals surface area contributed by atoms with Crippen LogP contribution in [-0.2, 0) is 19.1 Å². The lowest BCUT2D eigenvalue weighted by molar-refractivity contribution is -0.149. The predicted octanol–water partition coefficient (Wildman–Crippen LogP) is 1.68. The molecule has 10 heteroatoms. The van der Waals surface area contributed by atoms with E-state index in [-0.39, 0.29) is 19.0 Å². The molecule has 2 aromatic rings. The van der Waals surface area contributed by atoms with E-state index in [0.29, 0.717) is 18.5 Å². The van der Waals surface area contributed by atoms with Crippen molar-refractivity contribution in [3.63, 3.8) is 0 Å². The maximum atomic E-state index is 12.9. The number of amides is 4. The molecule has 2 aromatic carbocycles. The fourth-order valence-electron chi connectivity index (χ4n) is 3.62. The van der Waals surface area contributed by atoms with E-state index in [9.17, 15) is 19.2 Å². The van der Waals surface area contributed by atoms with E-state index >= 15 is 0 Å². The number of nitrogens with one attached hydrogen (secondary N) is 1. The van der Waals surface area contributed by atoms with Crippen LogP contribution in [0.5, 0.6) is 0 Å². The second-order valence-corrected chi connectivity index (χ2v) is 7.73. The maximum absolute atomic E-state index is 12.9. The van der Waals surface area contributed by atoms with Gasteiger partial charge < -0.3 is 20.8 Å². The van der Waals surface area contributed by atoms with Crippen LogP contribution in [0.25, 0.3) is 6.08 Å². The SMILES string of the molecule is COC(=O)C(c1ccccc1)N1C(=O)CN(CCCNC(=O)C=Cc2ccc(C=NN)cc2)C1=O. The number of imide groups is 1. The number of carbonyl (C=O) groups is 4. The zero-order valence-electron chi connectivity index (χ0n) is 19.3. The third-order valence-electron chi connectivity index (χ3n) is 5.36. The first kappa shape index (κ1) is 25.2. The number of nitrogens with zero attached hydrogens (tertiary/aromatic N) is 3. The van der Waals surface area contributed by atoms with Crippen LogP contribution in [0.4, 0.5) is 4.79 Å². The molecule has 1 aliphatic rings. The number of benzene rings is 2. The van der Waals surface area contributed by atoms with Crippen molar-refractivity contribution in [2.75, 3.05) is 26.7 Å². The Balaban J connectivity index is 1.50. The van der Waals surface area contributed by atoms with E-state index in [1.165, 1.54) is 24.3 Å². The largest absolute Gasteiger partial charge is 0.467 e. The van der Waals surface area contributed by atoms with Gasteiger partial charge in [-0.05, 0) is 29.2 Å². The molecule has 0 bridgehead atoms. The lowest BCUT2D eigenvalue weighted by Gasteiger charge is -2.24. The number of esters is 1. The number of hydrogen-bond donors (Lipinski definition) is 2. The highest BCUT2D eigenvalue weighted by molar-refractivity contribution is 6.05. The molecule has 1 fully saturated rings. The van der Waals surface area contributed by atoms with Crippen molar-refractivity contribution in [1.29, 1.82) is 0 Å². The summed E-state index contributed by atoms with van der Waals surface area (Å²) in [6.45, 7) is 0.419. The van der Waals surface area contributed by atoms with Gasteiger partial charge in [-0.25, -0.2) is 14.5 Å². The molecule has 3 N–H and O–H groups in total. The Kier molecular flexibility index (Phi) is 8.71. The fraction of sp³-hybridized carbons (Fsp3) is 0.240. The van der Waals surface area contributed by atoms with Gasteiger partial charge in [0.05, 0.1) is 13.3 Å². The molecule has 0 aliphatic carbocycles. The van der Waals surface area contributed by atoms with E-state index in [1.54, 1.807) is 36.4 Å². The average molecular weight is 478 g/mol. The van der Waals surface area contributed by atoms with Gasteiger partial charge in [0.2, 0.25) is 5.91 Å². The Morgan fingerprint density at radius 2 is 1.80 bits per heavy atom. The van der Waals surface area contributed by atoms with Crippen LogP contribution < -0.4 is 11.2 Å². The summed E-state index contributed by atoms with van der Waals surface area (Å²) in [6.07, 6.45) is 5.05. The molecule has 182 valence electrons. The molecule has 1 saturated heterocycles. The topological polar surface area (TPSA) is 134 Å². The summed E-state index contributed by atoms with van der Waals surface area (Å²) in [5.74, 6) is 3.66. The molecule has 4 amide bonds. The van der Waals surface area contributed by atoms with E-state index in [2.05, 4.69) is 10.4 Å². The van der Waals surface area contributed by atoms with E-state index in [0.717, 1.165) is 16.0 Å². The molecule has 0 saturated carbocycles. The van der Waals surface area contributed by atoms with Crippen molar-refractivity contribution >= 4 is 36.1 Å². The van der Waals surface area contributed by atoms with E-state index < -0.39 is 23.9 Å². The van der Waals surface area contributed by atoms with Crippen molar-refractivity contribution in [3.8, 4) is 0 Å². The Morgan fingerprint density at radius 1 is 1.11 bits per heavy atom. The van der Waals surface area contributed by atoms with Crippen molar-refractivity contribution in [3.05, 3.63) is 77.4 Å².